The van der Waals surface area contributed by atoms with Crippen molar-refractivity contribution in [2.24, 2.45) is 10.7 Å². The zero-order chi connectivity index (χ0) is 23.4. The van der Waals surface area contributed by atoms with Gasteiger partial charge in [-0.2, -0.15) is 0 Å². The lowest BCUT2D eigenvalue weighted by Crippen LogP contribution is -2.33. The molecule has 7 nitrogen and oxygen atoms in total. The Labute approximate surface area is 193 Å². The van der Waals surface area contributed by atoms with Gasteiger partial charge in [0.05, 0.1) is 11.2 Å². The van der Waals surface area contributed by atoms with Gasteiger partial charge in [-0.25, -0.2) is 4.99 Å². The number of allylic oxidation sites excluding steroid dienone is 2. The summed E-state index contributed by atoms with van der Waals surface area (Å²) >= 11 is 0. The molecular formula is C26H29N5O2. The van der Waals surface area contributed by atoms with Gasteiger partial charge >= 0.3 is 0 Å². The Bertz CT molecular complexity index is 1220. The molecule has 1 aromatic heterocycles. The molecule has 0 bridgehead atoms. The number of nitrogens with zero attached hydrogens (tertiary/aromatic N) is 4. The van der Waals surface area contributed by atoms with Gasteiger partial charge < -0.3 is 20.1 Å². The van der Waals surface area contributed by atoms with Crippen LogP contribution in [0.4, 0.5) is 5.69 Å². The second-order valence-corrected chi connectivity index (χ2v) is 8.25. The predicted octanol–water partition coefficient (Wildman–Crippen LogP) is 4.46. The molecule has 2 heterocycles. The molecule has 0 atom stereocenters. The van der Waals surface area contributed by atoms with Crippen LogP contribution >= 0.6 is 0 Å². The fourth-order valence-electron chi connectivity index (χ4n) is 4.00. The summed E-state index contributed by atoms with van der Waals surface area (Å²) in [6.45, 7) is 10.8. The van der Waals surface area contributed by atoms with E-state index >= 15 is 0 Å². The van der Waals surface area contributed by atoms with E-state index in [0.29, 0.717) is 5.84 Å². The molecule has 1 aliphatic rings. The minimum absolute atomic E-state index is 0.143. The third-order valence-electron chi connectivity index (χ3n) is 5.84. The number of carbonyl (C=O) groups excluding carboxylic acids is 1. The molecule has 0 aliphatic carbocycles. The maximum atomic E-state index is 11.7. The highest BCUT2D eigenvalue weighted by Gasteiger charge is 2.17. The Morgan fingerprint density at radius 1 is 1.12 bits per heavy atom. The highest BCUT2D eigenvalue weighted by Crippen LogP contribution is 2.32. The minimum Gasteiger partial charge on any atom is -0.387 e. The van der Waals surface area contributed by atoms with E-state index in [-0.39, 0.29) is 5.91 Å². The van der Waals surface area contributed by atoms with Crippen LogP contribution in [0.3, 0.4) is 0 Å². The number of nitrogens with two attached hydrogens (primary N) is 1. The van der Waals surface area contributed by atoms with Gasteiger partial charge in [-0.1, -0.05) is 17.8 Å². The zero-order valence-corrected chi connectivity index (χ0v) is 19.1. The van der Waals surface area contributed by atoms with Crippen LogP contribution in [0.2, 0.25) is 0 Å². The number of aliphatic imine (C=N–C) groups is 1. The van der Waals surface area contributed by atoms with Crippen molar-refractivity contribution in [2.45, 2.75) is 20.3 Å². The fraction of sp³-hybridized carbons (Fsp3) is 0.269. The van der Waals surface area contributed by atoms with Crippen LogP contribution < -0.4 is 10.6 Å². The largest absolute Gasteiger partial charge is 0.387 e. The summed E-state index contributed by atoms with van der Waals surface area (Å²) in [7, 11) is 0. The number of rotatable bonds is 5. The Kier molecular flexibility index (Phi) is 6.58. The van der Waals surface area contributed by atoms with Gasteiger partial charge in [0.25, 0.3) is 0 Å². The molecule has 7 heteroatoms. The van der Waals surface area contributed by atoms with Crippen LogP contribution in [-0.2, 0) is 4.79 Å². The summed E-state index contributed by atoms with van der Waals surface area (Å²) in [5, 5.41) is 5.15. The second-order valence-electron chi connectivity index (χ2n) is 8.25. The number of amides is 1. The third kappa shape index (κ3) is 5.14. The van der Waals surface area contributed by atoms with Crippen LogP contribution in [0.5, 0.6) is 0 Å². The molecule has 2 N–H and O–H groups in total. The summed E-state index contributed by atoms with van der Waals surface area (Å²) in [6.07, 6.45) is 4.44. The molecule has 1 saturated heterocycles. The Hall–Kier alpha value is -3.87. The van der Waals surface area contributed by atoms with E-state index in [2.05, 4.69) is 45.9 Å². The number of amidine groups is 1. The van der Waals surface area contributed by atoms with E-state index in [1.54, 1.807) is 20.0 Å². The van der Waals surface area contributed by atoms with E-state index in [1.165, 1.54) is 0 Å². The zero-order valence-electron chi connectivity index (χ0n) is 19.1. The maximum Gasteiger partial charge on any atom is 0.219 e. The monoisotopic (exact) mass is 443 g/mol. The van der Waals surface area contributed by atoms with Crippen LogP contribution in [0, 0.1) is 0 Å². The average molecular weight is 444 g/mol. The van der Waals surface area contributed by atoms with E-state index in [4.69, 9.17) is 10.3 Å². The number of fused-ring (bicyclic) bond motifs is 1. The first-order chi connectivity index (χ1) is 15.9. The first kappa shape index (κ1) is 22.3. The smallest absolute Gasteiger partial charge is 0.219 e. The third-order valence-corrected chi connectivity index (χ3v) is 5.84. The van der Waals surface area contributed by atoms with Crippen molar-refractivity contribution in [2.75, 3.05) is 31.1 Å². The van der Waals surface area contributed by atoms with E-state index < -0.39 is 0 Å². The molecule has 0 saturated carbocycles. The summed E-state index contributed by atoms with van der Waals surface area (Å²) in [5.41, 5.74) is 10.3. The molecule has 33 heavy (non-hydrogen) atoms. The Morgan fingerprint density at radius 3 is 2.64 bits per heavy atom. The van der Waals surface area contributed by atoms with Crippen molar-refractivity contribution in [3.63, 3.8) is 0 Å². The van der Waals surface area contributed by atoms with Crippen molar-refractivity contribution in [3.05, 3.63) is 66.9 Å². The molecule has 1 aliphatic heterocycles. The number of benzene rings is 2. The SMILES string of the molecule is C=C(/C=C\N=C(C)N)c1ccc2noc(-c3ccc(N4CCCN(C(C)=O)CC4)cc3)c2c1. The Morgan fingerprint density at radius 2 is 1.91 bits per heavy atom. The predicted molar refractivity (Wildman–Crippen MR) is 134 cm³/mol. The topological polar surface area (TPSA) is 88.0 Å². The lowest BCUT2D eigenvalue weighted by Gasteiger charge is -2.23. The summed E-state index contributed by atoms with van der Waals surface area (Å²) < 4.78 is 5.70. The average Bonchev–Trinajstić information content (AvgIpc) is 3.06. The second kappa shape index (κ2) is 9.73. The van der Waals surface area contributed by atoms with Gasteiger partial charge in [0.15, 0.2) is 5.76 Å². The van der Waals surface area contributed by atoms with Crippen molar-refractivity contribution in [1.29, 1.82) is 0 Å². The highest BCUT2D eigenvalue weighted by molar-refractivity contribution is 5.94. The number of aromatic nitrogens is 1. The van der Waals surface area contributed by atoms with Gasteiger partial charge in [0.1, 0.15) is 5.52 Å². The van der Waals surface area contributed by atoms with E-state index in [9.17, 15) is 4.79 Å². The van der Waals surface area contributed by atoms with Crippen LogP contribution in [-0.4, -0.2) is 48.0 Å². The van der Waals surface area contributed by atoms with Crippen molar-refractivity contribution >= 4 is 33.9 Å². The quantitative estimate of drug-likeness (QED) is 0.357. The van der Waals surface area contributed by atoms with Gasteiger partial charge in [-0.3, -0.25) is 4.79 Å². The van der Waals surface area contributed by atoms with Crippen LogP contribution in [0.1, 0.15) is 25.8 Å². The van der Waals surface area contributed by atoms with Crippen molar-refractivity contribution in [3.8, 4) is 11.3 Å². The van der Waals surface area contributed by atoms with Crippen LogP contribution in [0.15, 0.2) is 70.8 Å². The lowest BCUT2D eigenvalue weighted by atomic mass is 10.0. The number of carbonyl (C=O) groups is 1. The highest BCUT2D eigenvalue weighted by atomic mass is 16.5. The van der Waals surface area contributed by atoms with Gasteiger partial charge in [-0.15, -0.1) is 0 Å². The minimum atomic E-state index is 0.143. The van der Waals surface area contributed by atoms with Crippen LogP contribution in [0.25, 0.3) is 27.8 Å². The molecule has 0 unspecified atom stereocenters. The summed E-state index contributed by atoms with van der Waals surface area (Å²) in [4.78, 5) is 20.0. The van der Waals surface area contributed by atoms with E-state index in [0.717, 1.165) is 71.7 Å². The molecule has 4 rings (SSSR count). The first-order valence-electron chi connectivity index (χ1n) is 11.1. The normalized spacial score (nSPS) is 15.3. The van der Waals surface area contributed by atoms with Gasteiger partial charge in [0.2, 0.25) is 5.91 Å². The molecule has 0 radical (unpaired) electrons. The van der Waals surface area contributed by atoms with Crippen molar-refractivity contribution in [1.82, 2.24) is 10.1 Å². The molecule has 170 valence electrons. The molecular weight excluding hydrogens is 414 g/mol. The molecule has 1 fully saturated rings. The van der Waals surface area contributed by atoms with E-state index in [1.807, 2.05) is 29.2 Å². The van der Waals surface area contributed by atoms with Gasteiger partial charge in [-0.05, 0) is 67.0 Å². The fourth-order valence-corrected chi connectivity index (χ4v) is 4.00. The number of anilines is 1. The first-order valence-corrected chi connectivity index (χ1v) is 11.1. The van der Waals surface area contributed by atoms with Crippen molar-refractivity contribution < 1.29 is 9.32 Å². The maximum absolute atomic E-state index is 11.7. The summed E-state index contributed by atoms with van der Waals surface area (Å²) in [6, 6.07) is 14.3. The molecule has 2 aromatic carbocycles. The van der Waals surface area contributed by atoms with Gasteiger partial charge in [0, 0.05) is 50.6 Å². The summed E-state index contributed by atoms with van der Waals surface area (Å²) in [5.74, 6) is 1.37. The molecule has 3 aromatic rings. The lowest BCUT2D eigenvalue weighted by molar-refractivity contribution is -0.128. The standard InChI is InChI=1S/C26H29N5O2/c1-18(11-12-28-19(2)27)22-7-10-25-24(17-22)26(33-29-25)21-5-8-23(9-6-21)31-14-4-13-30(15-16-31)20(3)32/h5-12,17H,1,4,13-16H2,2-3H3,(H2,27,28)/b12-11-. The molecule has 1 amide bonds. The number of hydrogen-bond acceptors (Lipinski definition) is 5. The molecule has 0 spiro atoms. The Balaban J connectivity index is 1.55. The number of hydrogen-bond donors (Lipinski definition) is 1.